The zero-order valence-corrected chi connectivity index (χ0v) is 19.1. The number of hydrogen-bond acceptors (Lipinski definition) is 2. The molecule has 3 heteroatoms. The van der Waals surface area contributed by atoms with Crippen LogP contribution in [0.1, 0.15) is 69.8 Å². The molecule has 1 N–H and O–H groups in total. The molecule has 0 heterocycles. The lowest BCUT2D eigenvalue weighted by Gasteiger charge is -2.30. The highest BCUT2D eigenvalue weighted by atomic mass is 32.2. The zero-order chi connectivity index (χ0) is 21.0. The van der Waals surface area contributed by atoms with Crippen molar-refractivity contribution in [2.24, 2.45) is 23.7 Å². The van der Waals surface area contributed by atoms with Gasteiger partial charge in [0.05, 0.1) is 0 Å². The van der Waals surface area contributed by atoms with Crippen molar-refractivity contribution in [1.82, 2.24) is 0 Å². The van der Waals surface area contributed by atoms with E-state index in [4.69, 9.17) is 5.11 Å². The number of rotatable bonds is 14. The van der Waals surface area contributed by atoms with Crippen molar-refractivity contribution in [3.63, 3.8) is 0 Å². The lowest BCUT2D eigenvalue weighted by Crippen LogP contribution is -2.22. The summed E-state index contributed by atoms with van der Waals surface area (Å²) in [6, 6.07) is 10.5. The molecule has 0 saturated heterocycles. The first-order chi connectivity index (χ1) is 14.7. The molecule has 2 aliphatic carbocycles. The van der Waals surface area contributed by atoms with Crippen molar-refractivity contribution in [1.29, 1.82) is 0 Å². The van der Waals surface area contributed by atoms with Crippen molar-refractivity contribution in [2.45, 2.75) is 64.2 Å². The van der Waals surface area contributed by atoms with E-state index >= 15 is 0 Å². The molecule has 30 heavy (non-hydrogen) atoms. The number of thioether (sulfide) groups is 1. The van der Waals surface area contributed by atoms with E-state index in [1.54, 1.807) is 0 Å². The molecule has 2 nitrogen and oxygen atoms in total. The number of unbranched alkanes of at least 4 members (excludes halogenated alkanes) is 2. The molecule has 2 bridgehead atoms. The standard InChI is InChI=1S/C27H38O2S/c28-27(29)16-7-2-1-6-14-25-23-17-18-24(21-23)26(25)15-8-9-19-30-20-10-13-22-11-4-3-5-12-22/h1,3-6,10-13,23-26H,2,7-9,14-21H2,(H,28,29)/b6-1-,13-10?/t23-,24+,25-,26+/m0/s1. The van der Waals surface area contributed by atoms with Gasteiger partial charge in [0, 0.05) is 12.2 Å². The minimum Gasteiger partial charge on any atom is -0.481 e. The third-order valence-electron chi connectivity index (χ3n) is 7.01. The Labute approximate surface area is 187 Å². The van der Waals surface area contributed by atoms with Crippen LogP contribution >= 0.6 is 11.8 Å². The summed E-state index contributed by atoms with van der Waals surface area (Å²) in [6.07, 6.45) is 20.8. The van der Waals surface area contributed by atoms with E-state index in [-0.39, 0.29) is 0 Å². The molecule has 4 atom stereocenters. The Morgan fingerprint density at radius 2 is 1.80 bits per heavy atom. The van der Waals surface area contributed by atoms with E-state index < -0.39 is 5.97 Å². The first-order valence-electron chi connectivity index (χ1n) is 11.9. The van der Waals surface area contributed by atoms with Gasteiger partial charge in [-0.1, -0.05) is 61.1 Å². The van der Waals surface area contributed by atoms with Gasteiger partial charge in [-0.2, -0.15) is 11.8 Å². The Kier molecular flexibility index (Phi) is 10.1. The van der Waals surface area contributed by atoms with Gasteiger partial charge in [0.2, 0.25) is 0 Å². The Balaban J connectivity index is 1.28. The molecule has 0 aliphatic heterocycles. The molecule has 2 fully saturated rings. The fourth-order valence-electron chi connectivity index (χ4n) is 5.57. The van der Waals surface area contributed by atoms with Crippen LogP contribution in [-0.4, -0.2) is 22.6 Å². The van der Waals surface area contributed by atoms with Gasteiger partial charge in [-0.05, 0) is 86.4 Å². The summed E-state index contributed by atoms with van der Waals surface area (Å²) in [7, 11) is 0. The highest BCUT2D eigenvalue weighted by Gasteiger charge is 2.45. The van der Waals surface area contributed by atoms with E-state index in [1.807, 2.05) is 0 Å². The number of carbonyl (C=O) groups is 1. The van der Waals surface area contributed by atoms with Gasteiger partial charge in [0.15, 0.2) is 0 Å². The first kappa shape index (κ1) is 23.2. The molecule has 0 amide bonds. The second-order valence-electron chi connectivity index (χ2n) is 9.04. The predicted octanol–water partition coefficient (Wildman–Crippen LogP) is 7.47. The Morgan fingerprint density at radius 1 is 1.00 bits per heavy atom. The van der Waals surface area contributed by atoms with E-state index in [0.717, 1.165) is 42.3 Å². The maximum atomic E-state index is 10.6. The fourth-order valence-corrected chi connectivity index (χ4v) is 6.38. The molecule has 2 aliphatic rings. The molecule has 0 spiro atoms. The third kappa shape index (κ3) is 7.65. The third-order valence-corrected chi connectivity index (χ3v) is 8.02. The highest BCUT2D eigenvalue weighted by Crippen LogP contribution is 2.55. The molecule has 3 rings (SSSR count). The number of aliphatic carboxylic acids is 1. The normalized spacial score (nSPS) is 25.6. The molecular weight excluding hydrogens is 388 g/mol. The van der Waals surface area contributed by atoms with Crippen LogP contribution in [0, 0.1) is 23.7 Å². The average Bonchev–Trinajstić information content (AvgIpc) is 3.35. The topological polar surface area (TPSA) is 37.3 Å². The summed E-state index contributed by atoms with van der Waals surface area (Å²) in [4.78, 5) is 10.6. The fraction of sp³-hybridized carbons (Fsp3) is 0.593. The van der Waals surface area contributed by atoms with Gasteiger partial charge >= 0.3 is 5.97 Å². The second kappa shape index (κ2) is 13.0. The SMILES string of the molecule is O=C(O)CCC/C=C\C[C@H]1[C@H]2CC[C@H](C2)[C@H]1CCCCSCC=Cc1ccccc1. The Bertz CT molecular complexity index is 681. The number of fused-ring (bicyclic) bond motifs is 2. The lowest BCUT2D eigenvalue weighted by atomic mass is 9.75. The van der Waals surface area contributed by atoms with Crippen LogP contribution < -0.4 is 0 Å². The second-order valence-corrected chi connectivity index (χ2v) is 10.2. The zero-order valence-electron chi connectivity index (χ0n) is 18.3. The Hall–Kier alpha value is -1.48. The summed E-state index contributed by atoms with van der Waals surface area (Å²) in [6.45, 7) is 0. The van der Waals surface area contributed by atoms with E-state index in [0.29, 0.717) is 6.42 Å². The van der Waals surface area contributed by atoms with Crippen LogP contribution in [0.3, 0.4) is 0 Å². The summed E-state index contributed by atoms with van der Waals surface area (Å²) in [5.41, 5.74) is 1.29. The maximum absolute atomic E-state index is 10.6. The number of carboxylic acid groups (broad SMARTS) is 1. The van der Waals surface area contributed by atoms with Crippen LogP contribution in [0.2, 0.25) is 0 Å². The van der Waals surface area contributed by atoms with E-state index in [2.05, 4.69) is 66.4 Å². The number of allylic oxidation sites excluding steroid dienone is 2. The van der Waals surface area contributed by atoms with Gasteiger partial charge in [0.1, 0.15) is 0 Å². The van der Waals surface area contributed by atoms with E-state index in [9.17, 15) is 4.79 Å². The van der Waals surface area contributed by atoms with Crippen molar-refractivity contribution in [3.8, 4) is 0 Å². The van der Waals surface area contributed by atoms with Crippen LogP contribution in [0.4, 0.5) is 0 Å². The maximum Gasteiger partial charge on any atom is 0.303 e. The predicted molar refractivity (Wildman–Crippen MR) is 130 cm³/mol. The number of hydrogen-bond donors (Lipinski definition) is 1. The van der Waals surface area contributed by atoms with Crippen LogP contribution in [-0.2, 0) is 4.79 Å². The molecule has 0 aromatic heterocycles. The minimum absolute atomic E-state index is 0.293. The monoisotopic (exact) mass is 426 g/mol. The quantitative estimate of drug-likeness (QED) is 0.248. The molecule has 0 radical (unpaired) electrons. The van der Waals surface area contributed by atoms with Crippen LogP contribution in [0.25, 0.3) is 6.08 Å². The Morgan fingerprint density at radius 3 is 2.60 bits per heavy atom. The number of benzene rings is 1. The highest BCUT2D eigenvalue weighted by molar-refractivity contribution is 7.99. The molecule has 0 unspecified atom stereocenters. The van der Waals surface area contributed by atoms with Gasteiger partial charge < -0.3 is 5.11 Å². The molecule has 164 valence electrons. The van der Waals surface area contributed by atoms with Gasteiger partial charge in [-0.25, -0.2) is 0 Å². The summed E-state index contributed by atoms with van der Waals surface area (Å²) < 4.78 is 0. The van der Waals surface area contributed by atoms with Gasteiger partial charge in [-0.3, -0.25) is 4.79 Å². The first-order valence-corrected chi connectivity index (χ1v) is 13.1. The van der Waals surface area contributed by atoms with Crippen molar-refractivity contribution >= 4 is 23.8 Å². The largest absolute Gasteiger partial charge is 0.481 e. The molecule has 1 aromatic rings. The summed E-state index contributed by atoms with van der Waals surface area (Å²) in [5.74, 6) is 5.48. The molecule has 2 saturated carbocycles. The minimum atomic E-state index is -0.679. The average molecular weight is 427 g/mol. The van der Waals surface area contributed by atoms with Crippen molar-refractivity contribution in [2.75, 3.05) is 11.5 Å². The number of carboxylic acids is 1. The van der Waals surface area contributed by atoms with Gasteiger partial charge in [0.25, 0.3) is 0 Å². The molecular formula is C27H38O2S. The van der Waals surface area contributed by atoms with Gasteiger partial charge in [-0.15, -0.1) is 0 Å². The summed E-state index contributed by atoms with van der Waals surface area (Å²) in [5, 5.41) is 8.73. The smallest absolute Gasteiger partial charge is 0.303 e. The lowest BCUT2D eigenvalue weighted by molar-refractivity contribution is -0.137. The van der Waals surface area contributed by atoms with E-state index in [1.165, 1.54) is 56.3 Å². The summed E-state index contributed by atoms with van der Waals surface area (Å²) >= 11 is 2.05. The van der Waals surface area contributed by atoms with Crippen molar-refractivity contribution in [3.05, 3.63) is 54.1 Å². The van der Waals surface area contributed by atoms with Crippen LogP contribution in [0.5, 0.6) is 0 Å². The van der Waals surface area contributed by atoms with Crippen LogP contribution in [0.15, 0.2) is 48.6 Å². The van der Waals surface area contributed by atoms with Crippen molar-refractivity contribution < 1.29 is 9.90 Å². The molecule has 1 aromatic carbocycles.